The Morgan fingerprint density at radius 1 is 1.35 bits per heavy atom. The van der Waals surface area contributed by atoms with Crippen LogP contribution in [0.5, 0.6) is 0 Å². The number of rotatable bonds is 6. The van der Waals surface area contributed by atoms with Gasteiger partial charge in [0.2, 0.25) is 0 Å². The van der Waals surface area contributed by atoms with Crippen molar-refractivity contribution in [1.29, 1.82) is 0 Å². The molecule has 0 amide bonds. The number of nitrogens with zero attached hydrogens (tertiary/aromatic N) is 2. The van der Waals surface area contributed by atoms with Gasteiger partial charge < -0.3 is 5.11 Å². The number of aryl methyl sites for hydroxylation is 1. The van der Waals surface area contributed by atoms with Crippen molar-refractivity contribution in [3.63, 3.8) is 0 Å². The number of hydrogen-bond acceptors (Lipinski definition) is 5. The van der Waals surface area contributed by atoms with Crippen LogP contribution in [-0.4, -0.2) is 36.0 Å². The summed E-state index contributed by atoms with van der Waals surface area (Å²) in [6.45, 7) is 1.91. The Kier molecular flexibility index (Phi) is 4.87. The fraction of sp³-hybridized carbons (Fsp3) is 0.308. The molecule has 0 spiro atoms. The highest BCUT2D eigenvalue weighted by atomic mass is 32.2. The van der Waals surface area contributed by atoms with Gasteiger partial charge in [0.25, 0.3) is 10.0 Å². The van der Waals surface area contributed by atoms with Gasteiger partial charge in [0.05, 0.1) is 6.61 Å². The Labute approximate surface area is 122 Å². The number of thiophene rings is 1. The molecule has 5 nitrogen and oxygen atoms in total. The molecule has 0 saturated carbocycles. The van der Waals surface area contributed by atoms with E-state index in [1.807, 2.05) is 13.0 Å². The van der Waals surface area contributed by atoms with Crippen molar-refractivity contribution in [2.75, 3.05) is 13.2 Å². The fourth-order valence-corrected chi connectivity index (χ4v) is 4.63. The van der Waals surface area contributed by atoms with E-state index in [0.717, 1.165) is 10.4 Å². The van der Waals surface area contributed by atoms with Crippen LogP contribution in [0.1, 0.15) is 10.4 Å². The molecule has 0 aliphatic rings. The van der Waals surface area contributed by atoms with Crippen LogP contribution >= 0.6 is 11.3 Å². The third-order valence-corrected chi connectivity index (χ3v) is 6.05. The highest BCUT2D eigenvalue weighted by Crippen LogP contribution is 2.25. The van der Waals surface area contributed by atoms with E-state index < -0.39 is 10.0 Å². The summed E-state index contributed by atoms with van der Waals surface area (Å²) in [4.78, 5) is 4.91. The van der Waals surface area contributed by atoms with Gasteiger partial charge in [-0.25, -0.2) is 8.42 Å². The van der Waals surface area contributed by atoms with Crippen molar-refractivity contribution in [1.82, 2.24) is 9.29 Å². The molecule has 2 rings (SSSR count). The Balaban J connectivity index is 2.28. The molecule has 0 fully saturated rings. The van der Waals surface area contributed by atoms with Gasteiger partial charge in [0.15, 0.2) is 0 Å². The summed E-state index contributed by atoms with van der Waals surface area (Å²) >= 11 is 1.23. The predicted octanol–water partition coefficient (Wildman–Crippen LogP) is 1.63. The molecule has 108 valence electrons. The highest BCUT2D eigenvalue weighted by molar-refractivity contribution is 7.91. The number of hydrogen-bond donors (Lipinski definition) is 1. The molecule has 0 atom stereocenters. The summed E-state index contributed by atoms with van der Waals surface area (Å²) in [6.07, 6.45) is 3.26. The minimum atomic E-state index is -3.58. The number of aliphatic hydroxyl groups excluding tert-OH is 1. The summed E-state index contributed by atoms with van der Waals surface area (Å²) < 4.78 is 26.7. The van der Waals surface area contributed by atoms with Crippen molar-refractivity contribution in [2.45, 2.75) is 17.7 Å². The normalized spacial score (nSPS) is 11.9. The molecule has 0 aliphatic heterocycles. The Morgan fingerprint density at radius 3 is 2.70 bits per heavy atom. The van der Waals surface area contributed by atoms with Crippen LogP contribution < -0.4 is 0 Å². The SMILES string of the molecule is Cc1ccc(S(=O)(=O)N(CCO)Cc2cccnc2)s1. The molecule has 0 bridgehead atoms. The van der Waals surface area contributed by atoms with Crippen LogP contribution in [0.15, 0.2) is 40.9 Å². The quantitative estimate of drug-likeness (QED) is 0.880. The van der Waals surface area contributed by atoms with Crippen LogP contribution in [0.3, 0.4) is 0 Å². The second kappa shape index (κ2) is 6.45. The first-order valence-corrected chi connectivity index (χ1v) is 8.36. The van der Waals surface area contributed by atoms with Crippen molar-refractivity contribution < 1.29 is 13.5 Å². The molecule has 0 saturated heterocycles. The first kappa shape index (κ1) is 15.1. The summed E-state index contributed by atoms with van der Waals surface area (Å²) in [5, 5.41) is 9.11. The van der Waals surface area contributed by atoms with Crippen molar-refractivity contribution in [3.05, 3.63) is 47.1 Å². The van der Waals surface area contributed by atoms with Gasteiger partial charge in [-0.3, -0.25) is 4.98 Å². The maximum atomic E-state index is 12.5. The first-order chi connectivity index (χ1) is 9.54. The Bertz CT molecular complexity index is 653. The summed E-state index contributed by atoms with van der Waals surface area (Å²) in [6, 6.07) is 6.95. The zero-order valence-electron chi connectivity index (χ0n) is 11.1. The van der Waals surface area contributed by atoms with E-state index in [1.165, 1.54) is 15.6 Å². The standard InChI is InChI=1S/C13H16N2O3S2/c1-11-4-5-13(19-11)20(17,18)15(7-8-16)10-12-3-2-6-14-9-12/h2-6,9,16H,7-8,10H2,1H3. The van der Waals surface area contributed by atoms with Crippen LogP contribution in [0, 0.1) is 6.92 Å². The molecule has 0 unspecified atom stereocenters. The van der Waals surface area contributed by atoms with E-state index in [0.29, 0.717) is 4.21 Å². The molecule has 0 aliphatic carbocycles. The highest BCUT2D eigenvalue weighted by Gasteiger charge is 2.25. The van der Waals surface area contributed by atoms with Crippen molar-refractivity contribution in [2.24, 2.45) is 0 Å². The van der Waals surface area contributed by atoms with Gasteiger partial charge in [-0.2, -0.15) is 4.31 Å². The summed E-state index contributed by atoms with van der Waals surface area (Å²) in [5.74, 6) is 0. The molecule has 2 aromatic heterocycles. The minimum Gasteiger partial charge on any atom is -0.395 e. The van der Waals surface area contributed by atoms with E-state index in [1.54, 1.807) is 30.6 Å². The van der Waals surface area contributed by atoms with Crippen molar-refractivity contribution >= 4 is 21.4 Å². The molecule has 1 N–H and O–H groups in total. The van der Waals surface area contributed by atoms with Gasteiger partial charge in [-0.15, -0.1) is 11.3 Å². The second-order valence-electron chi connectivity index (χ2n) is 4.29. The lowest BCUT2D eigenvalue weighted by atomic mass is 10.3. The molecule has 0 radical (unpaired) electrons. The lowest BCUT2D eigenvalue weighted by Gasteiger charge is -2.20. The molecule has 2 heterocycles. The van der Waals surface area contributed by atoms with E-state index >= 15 is 0 Å². The first-order valence-electron chi connectivity index (χ1n) is 6.10. The minimum absolute atomic E-state index is 0.0637. The number of aromatic nitrogens is 1. The second-order valence-corrected chi connectivity index (χ2v) is 7.74. The van der Waals surface area contributed by atoms with E-state index in [9.17, 15) is 8.42 Å². The molecular formula is C13H16N2O3S2. The molecule has 7 heteroatoms. The van der Waals surface area contributed by atoms with E-state index in [-0.39, 0.29) is 19.7 Å². The van der Waals surface area contributed by atoms with Gasteiger partial charge >= 0.3 is 0 Å². The zero-order chi connectivity index (χ0) is 14.6. The number of pyridine rings is 1. The van der Waals surface area contributed by atoms with Crippen LogP contribution in [0.4, 0.5) is 0 Å². The van der Waals surface area contributed by atoms with Crippen molar-refractivity contribution in [3.8, 4) is 0 Å². The molecule has 20 heavy (non-hydrogen) atoms. The van der Waals surface area contributed by atoms with Gasteiger partial charge in [-0.1, -0.05) is 6.07 Å². The molecule has 2 aromatic rings. The Hall–Kier alpha value is -1.28. The number of sulfonamides is 1. The molecule has 0 aromatic carbocycles. The largest absolute Gasteiger partial charge is 0.395 e. The van der Waals surface area contributed by atoms with Gasteiger partial charge in [-0.05, 0) is 30.7 Å². The molecular weight excluding hydrogens is 296 g/mol. The smallest absolute Gasteiger partial charge is 0.252 e. The zero-order valence-corrected chi connectivity index (χ0v) is 12.7. The summed E-state index contributed by atoms with van der Waals surface area (Å²) in [7, 11) is -3.58. The topological polar surface area (TPSA) is 70.5 Å². The maximum Gasteiger partial charge on any atom is 0.252 e. The third kappa shape index (κ3) is 3.43. The van der Waals surface area contributed by atoms with Gasteiger partial charge in [0, 0.05) is 30.4 Å². The van der Waals surface area contributed by atoms with E-state index in [4.69, 9.17) is 5.11 Å². The van der Waals surface area contributed by atoms with Gasteiger partial charge in [0.1, 0.15) is 4.21 Å². The van der Waals surface area contributed by atoms with Crippen LogP contribution in [0.2, 0.25) is 0 Å². The van der Waals surface area contributed by atoms with Crippen LogP contribution in [0.25, 0.3) is 0 Å². The maximum absolute atomic E-state index is 12.5. The van der Waals surface area contributed by atoms with E-state index in [2.05, 4.69) is 4.98 Å². The average molecular weight is 312 g/mol. The lowest BCUT2D eigenvalue weighted by Crippen LogP contribution is -2.32. The monoisotopic (exact) mass is 312 g/mol. The summed E-state index contributed by atoms with van der Waals surface area (Å²) in [5.41, 5.74) is 0.790. The third-order valence-electron chi connectivity index (χ3n) is 2.74. The van der Waals surface area contributed by atoms with Crippen LogP contribution in [-0.2, 0) is 16.6 Å². The fourth-order valence-electron chi connectivity index (χ4n) is 1.77. The lowest BCUT2D eigenvalue weighted by molar-refractivity contribution is 0.251. The predicted molar refractivity (Wildman–Crippen MR) is 78.0 cm³/mol. The average Bonchev–Trinajstić information content (AvgIpc) is 2.87. The Morgan fingerprint density at radius 2 is 2.15 bits per heavy atom. The number of aliphatic hydroxyl groups is 1.